The zero-order valence-corrected chi connectivity index (χ0v) is 13.3. The normalized spacial score (nSPS) is 14.1. The first-order valence-corrected chi connectivity index (χ1v) is 7.62. The zero-order chi connectivity index (χ0) is 15.4. The molecule has 0 radical (unpaired) electrons. The second-order valence-corrected chi connectivity index (χ2v) is 6.00. The van der Waals surface area contributed by atoms with E-state index < -0.39 is 0 Å². The monoisotopic (exact) mass is 285 g/mol. The number of hydrogen-bond acceptors (Lipinski definition) is 1. The third-order valence-electron chi connectivity index (χ3n) is 3.74. The number of nitrogens with one attached hydrogen (secondary N) is 1. The van der Waals surface area contributed by atoms with Gasteiger partial charge in [0.2, 0.25) is 0 Å². The van der Waals surface area contributed by atoms with Gasteiger partial charge in [-0.05, 0) is 38.5 Å². The Hall–Kier alpha value is -1.87. The van der Waals surface area contributed by atoms with E-state index in [1.54, 1.807) is 0 Å². The number of nitrogens with two attached hydrogens (primary N) is 1. The molecule has 0 aliphatic rings. The minimum Gasteiger partial charge on any atom is -0.349 e. The Morgan fingerprint density at radius 2 is 1.67 bits per heavy atom. The van der Waals surface area contributed by atoms with Crippen LogP contribution in [0.3, 0.4) is 0 Å². The lowest BCUT2D eigenvalue weighted by atomic mass is 9.99. The summed E-state index contributed by atoms with van der Waals surface area (Å²) in [5, 5.41) is 7.60. The fourth-order valence-corrected chi connectivity index (χ4v) is 2.69. The summed E-state index contributed by atoms with van der Waals surface area (Å²) in [6.07, 6.45) is 0. The number of carbonyl (C=O) groups excluding carboxylic acids is 1. The van der Waals surface area contributed by atoms with E-state index in [9.17, 15) is 4.79 Å². The third kappa shape index (κ3) is 3.82. The molecule has 0 unspecified atom stereocenters. The molecule has 2 atom stereocenters. The van der Waals surface area contributed by atoms with Gasteiger partial charge in [-0.3, -0.25) is 4.79 Å². The zero-order valence-electron chi connectivity index (χ0n) is 13.3. The van der Waals surface area contributed by atoms with E-state index in [1.807, 2.05) is 20.8 Å². The van der Waals surface area contributed by atoms with E-state index in [1.165, 1.54) is 16.3 Å². The van der Waals surface area contributed by atoms with Gasteiger partial charge in [0.1, 0.15) is 6.04 Å². The Morgan fingerprint density at radius 1 is 1.00 bits per heavy atom. The standard InChI is InChI=1S/C18H24N2O/c1-12(2)19-18(21)14(4)20-13(3)16-11-7-9-15-8-5-6-10-17(15)16/h5-14,20H,1-4H3,(H,19,21)/p+1/t13-,14-/m0/s1. The van der Waals surface area contributed by atoms with Crippen LogP contribution in [0.5, 0.6) is 0 Å². The molecule has 3 nitrogen and oxygen atoms in total. The van der Waals surface area contributed by atoms with Crippen LogP contribution in [-0.2, 0) is 4.79 Å². The number of hydrogen-bond donors (Lipinski definition) is 2. The fraction of sp³-hybridized carbons (Fsp3) is 0.389. The van der Waals surface area contributed by atoms with Crippen LogP contribution >= 0.6 is 0 Å². The molecule has 2 aromatic carbocycles. The van der Waals surface area contributed by atoms with Crippen LogP contribution in [0.1, 0.15) is 39.3 Å². The van der Waals surface area contributed by atoms with Crippen LogP contribution in [0.2, 0.25) is 0 Å². The van der Waals surface area contributed by atoms with Gasteiger partial charge in [0.05, 0.1) is 0 Å². The van der Waals surface area contributed by atoms with E-state index in [2.05, 4.69) is 60.0 Å². The average molecular weight is 285 g/mol. The summed E-state index contributed by atoms with van der Waals surface area (Å²) < 4.78 is 0. The highest BCUT2D eigenvalue weighted by Gasteiger charge is 2.21. The molecule has 0 aromatic heterocycles. The summed E-state index contributed by atoms with van der Waals surface area (Å²) in [7, 11) is 0. The van der Waals surface area contributed by atoms with Crippen LogP contribution in [0.4, 0.5) is 0 Å². The van der Waals surface area contributed by atoms with Crippen LogP contribution in [0.25, 0.3) is 10.8 Å². The predicted octanol–water partition coefficient (Wildman–Crippen LogP) is 2.38. The maximum atomic E-state index is 12.0. The van der Waals surface area contributed by atoms with Crippen molar-refractivity contribution in [3.8, 4) is 0 Å². The average Bonchev–Trinajstić information content (AvgIpc) is 2.45. The molecular weight excluding hydrogens is 260 g/mol. The molecule has 0 heterocycles. The van der Waals surface area contributed by atoms with Gasteiger partial charge in [0.15, 0.2) is 6.04 Å². The summed E-state index contributed by atoms with van der Waals surface area (Å²) in [5.74, 6) is 0.0945. The lowest BCUT2D eigenvalue weighted by molar-refractivity contribution is -0.710. The number of amides is 1. The fourth-order valence-electron chi connectivity index (χ4n) is 2.69. The molecule has 2 rings (SSSR count). The molecule has 0 aliphatic carbocycles. The molecule has 3 N–H and O–H groups in total. The predicted molar refractivity (Wildman–Crippen MR) is 87.0 cm³/mol. The number of fused-ring (bicyclic) bond motifs is 1. The van der Waals surface area contributed by atoms with Gasteiger partial charge in [-0.25, -0.2) is 0 Å². The van der Waals surface area contributed by atoms with Crippen molar-refractivity contribution in [2.24, 2.45) is 0 Å². The Morgan fingerprint density at radius 3 is 2.38 bits per heavy atom. The van der Waals surface area contributed by atoms with Crippen LogP contribution in [0.15, 0.2) is 42.5 Å². The van der Waals surface area contributed by atoms with E-state index in [-0.39, 0.29) is 24.0 Å². The molecule has 2 aromatic rings. The molecule has 0 saturated carbocycles. The molecule has 3 heteroatoms. The minimum atomic E-state index is -0.0960. The van der Waals surface area contributed by atoms with E-state index in [0.717, 1.165) is 0 Å². The first-order valence-electron chi connectivity index (χ1n) is 7.62. The van der Waals surface area contributed by atoms with Gasteiger partial charge in [-0.1, -0.05) is 42.5 Å². The molecule has 0 spiro atoms. The van der Waals surface area contributed by atoms with Gasteiger partial charge < -0.3 is 10.6 Å². The lowest BCUT2D eigenvalue weighted by Crippen LogP contribution is -2.92. The summed E-state index contributed by atoms with van der Waals surface area (Å²) in [6.45, 7) is 8.08. The smallest absolute Gasteiger partial charge is 0.278 e. The van der Waals surface area contributed by atoms with Gasteiger partial charge in [-0.15, -0.1) is 0 Å². The highest BCUT2D eigenvalue weighted by Crippen LogP contribution is 2.22. The van der Waals surface area contributed by atoms with Gasteiger partial charge in [-0.2, -0.15) is 0 Å². The van der Waals surface area contributed by atoms with Crippen molar-refractivity contribution in [1.29, 1.82) is 0 Å². The Kier molecular flexibility index (Phi) is 4.97. The van der Waals surface area contributed by atoms with Crippen LogP contribution < -0.4 is 10.6 Å². The molecule has 0 bridgehead atoms. The second kappa shape index (κ2) is 6.72. The number of rotatable bonds is 5. The highest BCUT2D eigenvalue weighted by molar-refractivity contribution is 5.86. The molecule has 21 heavy (non-hydrogen) atoms. The van der Waals surface area contributed by atoms with E-state index in [4.69, 9.17) is 0 Å². The molecule has 1 amide bonds. The molecular formula is C18H25N2O+. The number of carbonyl (C=O) groups is 1. The maximum Gasteiger partial charge on any atom is 0.278 e. The number of benzene rings is 2. The summed E-state index contributed by atoms with van der Waals surface area (Å²) in [4.78, 5) is 12.0. The van der Waals surface area contributed by atoms with Crippen molar-refractivity contribution < 1.29 is 10.1 Å². The lowest BCUT2D eigenvalue weighted by Gasteiger charge is -2.19. The van der Waals surface area contributed by atoms with Crippen molar-refractivity contribution in [2.45, 2.75) is 45.8 Å². The molecule has 0 fully saturated rings. The van der Waals surface area contributed by atoms with Gasteiger partial charge in [0, 0.05) is 11.6 Å². The van der Waals surface area contributed by atoms with Gasteiger partial charge >= 0.3 is 0 Å². The second-order valence-electron chi connectivity index (χ2n) is 6.00. The first kappa shape index (κ1) is 15.5. The maximum absolute atomic E-state index is 12.0. The van der Waals surface area contributed by atoms with Crippen molar-refractivity contribution in [3.05, 3.63) is 48.0 Å². The van der Waals surface area contributed by atoms with Crippen molar-refractivity contribution >= 4 is 16.7 Å². The molecule has 112 valence electrons. The van der Waals surface area contributed by atoms with E-state index >= 15 is 0 Å². The van der Waals surface area contributed by atoms with Crippen molar-refractivity contribution in [3.63, 3.8) is 0 Å². The Labute approximate surface area is 126 Å². The first-order chi connectivity index (χ1) is 9.99. The SMILES string of the molecule is CC(C)NC(=O)[C@H](C)[NH2+][C@@H](C)c1cccc2ccccc12. The van der Waals surface area contributed by atoms with Crippen molar-refractivity contribution in [1.82, 2.24) is 5.32 Å². The Bertz CT molecular complexity index is 616. The summed E-state index contributed by atoms with van der Waals surface area (Å²) in [6, 6.07) is 15.1. The van der Waals surface area contributed by atoms with Crippen molar-refractivity contribution in [2.75, 3.05) is 0 Å². The van der Waals surface area contributed by atoms with Crippen LogP contribution in [0, 0.1) is 0 Å². The van der Waals surface area contributed by atoms with Crippen LogP contribution in [-0.4, -0.2) is 18.0 Å². The largest absolute Gasteiger partial charge is 0.349 e. The molecule has 0 saturated heterocycles. The van der Waals surface area contributed by atoms with Gasteiger partial charge in [0.25, 0.3) is 5.91 Å². The quantitative estimate of drug-likeness (QED) is 0.870. The topological polar surface area (TPSA) is 45.7 Å². The summed E-state index contributed by atoms with van der Waals surface area (Å²) >= 11 is 0. The van der Waals surface area contributed by atoms with E-state index in [0.29, 0.717) is 0 Å². The molecule has 0 aliphatic heterocycles. The third-order valence-corrected chi connectivity index (χ3v) is 3.74. The summed E-state index contributed by atoms with van der Waals surface area (Å²) in [5.41, 5.74) is 1.28. The number of quaternary nitrogens is 1. The Balaban J connectivity index is 2.15. The minimum absolute atomic E-state index is 0.0945. The highest BCUT2D eigenvalue weighted by atomic mass is 16.2.